The van der Waals surface area contributed by atoms with Gasteiger partial charge in [-0.3, -0.25) is 4.79 Å². The molecule has 1 aromatic heterocycles. The van der Waals surface area contributed by atoms with Gasteiger partial charge in [0.2, 0.25) is 23.8 Å². The van der Waals surface area contributed by atoms with Crippen LogP contribution in [-0.2, 0) is 4.79 Å². The molecule has 2 saturated heterocycles. The third kappa shape index (κ3) is 2.21. The molecule has 0 spiro atoms. The molecule has 3 rings (SSSR count). The molecule has 2 aliphatic rings. The number of carbonyl (C=O) groups is 1. The number of carbonyl (C=O) groups excluding carboxylic acids is 1. The van der Waals surface area contributed by atoms with Gasteiger partial charge in [0.05, 0.1) is 0 Å². The highest BCUT2D eigenvalue weighted by atomic mass is 16.2. The van der Waals surface area contributed by atoms with Crippen molar-refractivity contribution in [3.63, 3.8) is 0 Å². The highest BCUT2D eigenvalue weighted by Crippen LogP contribution is 2.25. The second kappa shape index (κ2) is 4.77. The first-order chi connectivity index (χ1) is 9.54. The summed E-state index contributed by atoms with van der Waals surface area (Å²) in [5, 5.41) is 0. The van der Waals surface area contributed by atoms with Crippen LogP contribution >= 0.6 is 0 Å². The van der Waals surface area contributed by atoms with Crippen molar-refractivity contribution in [3.8, 4) is 0 Å². The Morgan fingerprint density at radius 3 is 2.80 bits per heavy atom. The Kier molecular flexibility index (Phi) is 3.07. The Bertz CT molecular complexity index is 533. The number of hydrogen-bond donors (Lipinski definition) is 1. The van der Waals surface area contributed by atoms with Crippen LogP contribution in [0.15, 0.2) is 0 Å². The largest absolute Gasteiger partial charge is 0.368 e. The summed E-state index contributed by atoms with van der Waals surface area (Å²) in [6.07, 6.45) is 1.57. The van der Waals surface area contributed by atoms with E-state index in [0.717, 1.165) is 26.1 Å². The molecule has 0 saturated carbocycles. The Morgan fingerprint density at radius 1 is 1.25 bits per heavy atom. The molecule has 8 nitrogen and oxygen atoms in total. The van der Waals surface area contributed by atoms with E-state index in [1.165, 1.54) is 0 Å². The zero-order valence-corrected chi connectivity index (χ0v) is 11.8. The quantitative estimate of drug-likeness (QED) is 0.766. The van der Waals surface area contributed by atoms with E-state index in [1.54, 1.807) is 4.90 Å². The molecule has 0 aliphatic carbocycles. The molecule has 0 aromatic carbocycles. The van der Waals surface area contributed by atoms with Crippen LogP contribution in [0.4, 0.5) is 17.8 Å². The first-order valence-electron chi connectivity index (χ1n) is 6.78. The standard InChI is InChI=1S/C12H19N7O/c1-17(2)11-14-10(13)15-12(16-11)18-5-6-19-8(7-18)3-4-9(19)20/h8H,3-7H2,1-2H3,(H2,13,14,15,16). The van der Waals surface area contributed by atoms with Crippen LogP contribution in [0.25, 0.3) is 0 Å². The van der Waals surface area contributed by atoms with Crippen LogP contribution in [0.5, 0.6) is 0 Å². The molecule has 1 unspecified atom stereocenters. The van der Waals surface area contributed by atoms with Gasteiger partial charge in [-0.1, -0.05) is 0 Å². The molecule has 2 aliphatic heterocycles. The van der Waals surface area contributed by atoms with Gasteiger partial charge in [0.1, 0.15) is 0 Å². The van der Waals surface area contributed by atoms with E-state index < -0.39 is 0 Å². The Balaban J connectivity index is 1.82. The average molecular weight is 277 g/mol. The summed E-state index contributed by atoms with van der Waals surface area (Å²) in [5.41, 5.74) is 5.75. The van der Waals surface area contributed by atoms with E-state index >= 15 is 0 Å². The van der Waals surface area contributed by atoms with Crippen LogP contribution in [0.2, 0.25) is 0 Å². The van der Waals surface area contributed by atoms with Gasteiger partial charge < -0.3 is 20.4 Å². The summed E-state index contributed by atoms with van der Waals surface area (Å²) < 4.78 is 0. The Hall–Kier alpha value is -2.12. The summed E-state index contributed by atoms with van der Waals surface area (Å²) in [4.78, 5) is 30.3. The van der Waals surface area contributed by atoms with Gasteiger partial charge in [0, 0.05) is 46.2 Å². The number of nitrogens with zero attached hydrogens (tertiary/aromatic N) is 6. The lowest BCUT2D eigenvalue weighted by Crippen LogP contribution is -2.52. The van der Waals surface area contributed by atoms with E-state index in [-0.39, 0.29) is 17.9 Å². The summed E-state index contributed by atoms with van der Waals surface area (Å²) in [6.45, 7) is 2.23. The van der Waals surface area contributed by atoms with Crippen molar-refractivity contribution in [2.75, 3.05) is 49.3 Å². The van der Waals surface area contributed by atoms with Gasteiger partial charge >= 0.3 is 0 Å². The number of anilines is 3. The molecule has 20 heavy (non-hydrogen) atoms. The minimum Gasteiger partial charge on any atom is -0.368 e. The van der Waals surface area contributed by atoms with E-state index in [4.69, 9.17) is 5.73 Å². The van der Waals surface area contributed by atoms with Gasteiger partial charge in [0.25, 0.3) is 0 Å². The van der Waals surface area contributed by atoms with Gasteiger partial charge in [-0.15, -0.1) is 0 Å². The van der Waals surface area contributed by atoms with Crippen molar-refractivity contribution in [3.05, 3.63) is 0 Å². The molecule has 1 aromatic rings. The van der Waals surface area contributed by atoms with Gasteiger partial charge in [-0.25, -0.2) is 0 Å². The molecule has 1 amide bonds. The van der Waals surface area contributed by atoms with Crippen LogP contribution in [0.3, 0.4) is 0 Å². The van der Waals surface area contributed by atoms with Crippen molar-refractivity contribution in [1.29, 1.82) is 0 Å². The van der Waals surface area contributed by atoms with Gasteiger partial charge in [-0.2, -0.15) is 15.0 Å². The Morgan fingerprint density at radius 2 is 2.05 bits per heavy atom. The summed E-state index contributed by atoms with van der Waals surface area (Å²) in [5.74, 6) is 1.64. The first-order valence-corrected chi connectivity index (χ1v) is 6.78. The number of fused-ring (bicyclic) bond motifs is 1. The lowest BCUT2D eigenvalue weighted by molar-refractivity contribution is -0.129. The molecule has 3 heterocycles. The average Bonchev–Trinajstić information content (AvgIpc) is 2.79. The number of rotatable bonds is 2. The van der Waals surface area contributed by atoms with Crippen molar-refractivity contribution in [2.45, 2.75) is 18.9 Å². The number of piperazine rings is 1. The van der Waals surface area contributed by atoms with E-state index in [1.807, 2.05) is 19.0 Å². The van der Waals surface area contributed by atoms with Crippen LogP contribution in [-0.4, -0.2) is 65.5 Å². The van der Waals surface area contributed by atoms with Crippen molar-refractivity contribution < 1.29 is 4.79 Å². The molecule has 0 radical (unpaired) electrons. The lowest BCUT2D eigenvalue weighted by atomic mass is 10.2. The molecule has 1 atom stereocenters. The monoisotopic (exact) mass is 277 g/mol. The second-order valence-electron chi connectivity index (χ2n) is 5.41. The second-order valence-corrected chi connectivity index (χ2v) is 5.41. The van der Waals surface area contributed by atoms with Crippen LogP contribution < -0.4 is 15.5 Å². The minimum atomic E-state index is 0.226. The molecular formula is C12H19N7O. The maximum atomic E-state index is 11.7. The predicted octanol–water partition coefficient (Wildman–Crippen LogP) is -0.669. The van der Waals surface area contributed by atoms with Crippen molar-refractivity contribution >= 4 is 23.8 Å². The van der Waals surface area contributed by atoms with Crippen molar-refractivity contribution in [1.82, 2.24) is 19.9 Å². The van der Waals surface area contributed by atoms with Crippen molar-refractivity contribution in [2.24, 2.45) is 0 Å². The maximum absolute atomic E-state index is 11.7. The van der Waals surface area contributed by atoms with E-state index in [9.17, 15) is 4.79 Å². The number of amides is 1. The zero-order chi connectivity index (χ0) is 14.3. The van der Waals surface area contributed by atoms with Crippen LogP contribution in [0, 0.1) is 0 Å². The highest BCUT2D eigenvalue weighted by molar-refractivity contribution is 5.79. The lowest BCUT2D eigenvalue weighted by Gasteiger charge is -2.37. The SMILES string of the molecule is CN(C)c1nc(N)nc(N2CCN3C(=O)CCC3C2)n1. The summed E-state index contributed by atoms with van der Waals surface area (Å²) in [7, 11) is 3.73. The molecule has 2 N–H and O–H groups in total. The fraction of sp³-hybridized carbons (Fsp3) is 0.667. The Labute approximate surface area is 117 Å². The topological polar surface area (TPSA) is 91.5 Å². The van der Waals surface area contributed by atoms with E-state index in [2.05, 4.69) is 19.9 Å². The number of aromatic nitrogens is 3. The van der Waals surface area contributed by atoms with E-state index in [0.29, 0.717) is 18.3 Å². The first kappa shape index (κ1) is 12.9. The third-order valence-electron chi connectivity index (χ3n) is 3.81. The molecule has 0 bridgehead atoms. The van der Waals surface area contributed by atoms with Gasteiger partial charge in [0.15, 0.2) is 0 Å². The zero-order valence-electron chi connectivity index (χ0n) is 11.8. The van der Waals surface area contributed by atoms with Gasteiger partial charge in [-0.05, 0) is 6.42 Å². The molecule has 8 heteroatoms. The predicted molar refractivity (Wildman–Crippen MR) is 75.5 cm³/mol. The van der Waals surface area contributed by atoms with Crippen LogP contribution in [0.1, 0.15) is 12.8 Å². The summed E-state index contributed by atoms with van der Waals surface area (Å²) in [6, 6.07) is 0.275. The molecular weight excluding hydrogens is 258 g/mol. The number of hydrogen-bond acceptors (Lipinski definition) is 7. The minimum absolute atomic E-state index is 0.226. The fourth-order valence-corrected chi connectivity index (χ4v) is 2.76. The third-order valence-corrected chi connectivity index (χ3v) is 3.81. The summed E-state index contributed by atoms with van der Waals surface area (Å²) >= 11 is 0. The normalized spacial score (nSPS) is 22.1. The molecule has 2 fully saturated rings. The highest BCUT2D eigenvalue weighted by Gasteiger charge is 2.36. The smallest absolute Gasteiger partial charge is 0.232 e. The number of nitrogens with two attached hydrogens (primary N) is 1. The number of nitrogen functional groups attached to an aromatic ring is 1. The fourth-order valence-electron chi connectivity index (χ4n) is 2.76. The molecule has 108 valence electrons. The maximum Gasteiger partial charge on any atom is 0.232 e.